The fourth-order valence-corrected chi connectivity index (χ4v) is 2.21. The van der Waals surface area contributed by atoms with Crippen LogP contribution in [0.15, 0.2) is 18.2 Å². The van der Waals surface area contributed by atoms with Gasteiger partial charge >= 0.3 is 6.03 Å². The second-order valence-corrected chi connectivity index (χ2v) is 4.96. The molecule has 2 N–H and O–H groups in total. The number of imide groups is 1. The molecule has 1 fully saturated rings. The molecule has 2 rings (SSSR count). The lowest BCUT2D eigenvalue weighted by atomic mass is 10.1. The lowest BCUT2D eigenvalue weighted by Crippen LogP contribution is -2.31. The summed E-state index contributed by atoms with van der Waals surface area (Å²) in [6, 6.07) is 4.93. The fourth-order valence-electron chi connectivity index (χ4n) is 2.05. The Morgan fingerprint density at radius 3 is 2.65 bits per heavy atom. The predicted octanol–water partition coefficient (Wildman–Crippen LogP) is 0.723. The average Bonchev–Trinajstić information content (AvgIpc) is 2.65. The third-order valence-electron chi connectivity index (χ3n) is 3.10. The summed E-state index contributed by atoms with van der Waals surface area (Å²) in [6.07, 6.45) is 0. The first-order valence-electron chi connectivity index (χ1n) is 5.96. The molecule has 0 saturated carbocycles. The molecule has 1 aliphatic rings. The zero-order chi connectivity index (χ0) is 14.9. The number of rotatable bonds is 4. The number of carbonyl (C=O) groups excluding carboxylic acids is 2. The third-order valence-corrected chi connectivity index (χ3v) is 3.32. The molecule has 6 nitrogen and oxygen atoms in total. The van der Waals surface area contributed by atoms with Crippen LogP contribution in [-0.4, -0.2) is 47.4 Å². The van der Waals surface area contributed by atoms with Crippen LogP contribution in [-0.2, 0) is 11.3 Å². The fraction of sp³-hybridized carbons (Fsp3) is 0.308. The maximum atomic E-state index is 11.8. The van der Waals surface area contributed by atoms with E-state index in [1.54, 1.807) is 25.2 Å². The molecule has 20 heavy (non-hydrogen) atoms. The van der Waals surface area contributed by atoms with Gasteiger partial charge in [0.1, 0.15) is 17.3 Å². The minimum absolute atomic E-state index is 0.108. The first-order valence-corrected chi connectivity index (χ1v) is 6.37. The Morgan fingerprint density at radius 2 is 2.15 bits per heavy atom. The summed E-state index contributed by atoms with van der Waals surface area (Å²) in [7, 11) is 3.12. The molecule has 1 aliphatic heterocycles. The normalized spacial score (nSPS) is 14.9. The van der Waals surface area contributed by atoms with Crippen LogP contribution in [0.2, 0.25) is 0 Å². The van der Waals surface area contributed by atoms with Crippen molar-refractivity contribution in [3.63, 3.8) is 0 Å². The van der Waals surface area contributed by atoms with Crippen molar-refractivity contribution in [2.24, 2.45) is 5.73 Å². The van der Waals surface area contributed by atoms with Gasteiger partial charge in [-0.1, -0.05) is 18.3 Å². The first-order chi connectivity index (χ1) is 9.43. The van der Waals surface area contributed by atoms with Crippen molar-refractivity contribution < 1.29 is 14.3 Å². The van der Waals surface area contributed by atoms with Crippen LogP contribution < -0.4 is 10.5 Å². The predicted molar refractivity (Wildman–Crippen MR) is 77.5 cm³/mol. The van der Waals surface area contributed by atoms with E-state index in [0.717, 1.165) is 5.56 Å². The number of amides is 3. The Hall–Kier alpha value is -2.15. The summed E-state index contributed by atoms with van der Waals surface area (Å²) in [6.45, 7) is 0.304. The van der Waals surface area contributed by atoms with Crippen LogP contribution in [0, 0.1) is 0 Å². The molecular formula is C13H15N3O3S. The second-order valence-electron chi connectivity index (χ2n) is 4.52. The Bertz CT molecular complexity index is 588. The topological polar surface area (TPSA) is 75.9 Å². The highest BCUT2D eigenvalue weighted by molar-refractivity contribution is 7.80. The van der Waals surface area contributed by atoms with Gasteiger partial charge < -0.3 is 15.4 Å². The van der Waals surface area contributed by atoms with Crippen molar-refractivity contribution in [1.29, 1.82) is 0 Å². The Kier molecular flexibility index (Phi) is 3.89. The standard InChI is InChI=1S/C13H15N3O3S/c1-15-7-11(17)16(13(15)18)6-8-3-4-10(19-2)9(5-8)12(14)20/h3-5H,6-7H2,1-2H3,(H2,14,20). The highest BCUT2D eigenvalue weighted by atomic mass is 32.1. The van der Waals surface area contributed by atoms with Crippen molar-refractivity contribution in [3.05, 3.63) is 29.3 Å². The molecule has 0 unspecified atom stereocenters. The van der Waals surface area contributed by atoms with Crippen LogP contribution >= 0.6 is 12.2 Å². The number of urea groups is 1. The Balaban J connectivity index is 2.26. The SMILES string of the molecule is COc1ccc(CN2C(=O)CN(C)C2=O)cc1C(N)=S. The molecule has 1 aromatic rings. The number of hydrogen-bond donors (Lipinski definition) is 1. The first kappa shape index (κ1) is 14.3. The molecule has 0 aromatic heterocycles. The molecule has 106 valence electrons. The van der Waals surface area contributed by atoms with Crippen LogP contribution in [0.1, 0.15) is 11.1 Å². The zero-order valence-corrected chi connectivity index (χ0v) is 12.1. The smallest absolute Gasteiger partial charge is 0.327 e. The van der Waals surface area contributed by atoms with E-state index in [1.807, 2.05) is 0 Å². The van der Waals surface area contributed by atoms with Crippen molar-refractivity contribution in [1.82, 2.24) is 9.80 Å². The van der Waals surface area contributed by atoms with Gasteiger partial charge in [-0.05, 0) is 17.7 Å². The summed E-state index contributed by atoms with van der Waals surface area (Å²) in [5, 5.41) is 0. The molecular weight excluding hydrogens is 278 g/mol. The molecule has 0 spiro atoms. The van der Waals surface area contributed by atoms with Crippen molar-refractivity contribution >= 4 is 29.1 Å². The van der Waals surface area contributed by atoms with E-state index in [2.05, 4.69) is 0 Å². The van der Waals surface area contributed by atoms with Gasteiger partial charge in [0.2, 0.25) is 0 Å². The summed E-state index contributed by atoms with van der Waals surface area (Å²) in [5.41, 5.74) is 7.00. The van der Waals surface area contributed by atoms with E-state index < -0.39 is 0 Å². The van der Waals surface area contributed by atoms with Crippen LogP contribution in [0.4, 0.5) is 4.79 Å². The van der Waals surface area contributed by atoms with Crippen molar-refractivity contribution in [3.8, 4) is 5.75 Å². The van der Waals surface area contributed by atoms with E-state index in [9.17, 15) is 9.59 Å². The highest BCUT2D eigenvalue weighted by Gasteiger charge is 2.33. The van der Waals surface area contributed by atoms with E-state index in [0.29, 0.717) is 11.3 Å². The zero-order valence-electron chi connectivity index (χ0n) is 11.3. The number of hydrogen-bond acceptors (Lipinski definition) is 4. The number of nitrogens with two attached hydrogens (primary N) is 1. The molecule has 7 heteroatoms. The van der Waals surface area contributed by atoms with E-state index in [1.165, 1.54) is 16.9 Å². The van der Waals surface area contributed by atoms with E-state index in [-0.39, 0.29) is 30.0 Å². The highest BCUT2D eigenvalue weighted by Crippen LogP contribution is 2.22. The maximum Gasteiger partial charge on any atom is 0.327 e. The van der Waals surface area contributed by atoms with Gasteiger partial charge in [0.25, 0.3) is 5.91 Å². The number of carbonyl (C=O) groups is 2. The quantitative estimate of drug-likeness (QED) is 0.654. The molecule has 0 radical (unpaired) electrons. The molecule has 1 aromatic carbocycles. The largest absolute Gasteiger partial charge is 0.496 e. The number of methoxy groups -OCH3 is 1. The third kappa shape index (κ3) is 2.57. The van der Waals surface area contributed by atoms with Gasteiger partial charge in [0.05, 0.1) is 19.2 Å². The van der Waals surface area contributed by atoms with Gasteiger partial charge in [0.15, 0.2) is 0 Å². The molecule has 0 atom stereocenters. The monoisotopic (exact) mass is 293 g/mol. The van der Waals surface area contributed by atoms with E-state index in [4.69, 9.17) is 22.7 Å². The minimum Gasteiger partial charge on any atom is -0.496 e. The van der Waals surface area contributed by atoms with Crippen molar-refractivity contribution in [2.75, 3.05) is 20.7 Å². The van der Waals surface area contributed by atoms with Gasteiger partial charge in [-0.15, -0.1) is 0 Å². The number of likely N-dealkylation sites (N-methyl/N-ethyl adjacent to an activating group) is 1. The average molecular weight is 293 g/mol. The van der Waals surface area contributed by atoms with Gasteiger partial charge in [0, 0.05) is 7.05 Å². The van der Waals surface area contributed by atoms with Gasteiger partial charge in [-0.25, -0.2) is 4.79 Å². The van der Waals surface area contributed by atoms with Gasteiger partial charge in [-0.3, -0.25) is 9.69 Å². The summed E-state index contributed by atoms with van der Waals surface area (Å²) in [4.78, 5) is 26.3. The number of benzene rings is 1. The lowest BCUT2D eigenvalue weighted by molar-refractivity contribution is -0.125. The summed E-state index contributed by atoms with van der Waals surface area (Å²) >= 11 is 4.97. The number of ether oxygens (including phenoxy) is 1. The van der Waals surface area contributed by atoms with Crippen molar-refractivity contribution in [2.45, 2.75) is 6.54 Å². The molecule has 1 heterocycles. The summed E-state index contributed by atoms with van der Waals surface area (Å²) < 4.78 is 5.17. The maximum absolute atomic E-state index is 11.8. The molecule has 0 bridgehead atoms. The lowest BCUT2D eigenvalue weighted by Gasteiger charge is -2.15. The van der Waals surface area contributed by atoms with Crippen LogP contribution in [0.5, 0.6) is 5.75 Å². The molecule has 0 aliphatic carbocycles. The van der Waals surface area contributed by atoms with Crippen LogP contribution in [0.25, 0.3) is 0 Å². The minimum atomic E-state index is -0.303. The van der Waals surface area contributed by atoms with E-state index >= 15 is 0 Å². The molecule has 1 saturated heterocycles. The van der Waals surface area contributed by atoms with Crippen LogP contribution in [0.3, 0.4) is 0 Å². The summed E-state index contributed by atoms with van der Waals surface area (Å²) in [5.74, 6) is 0.350. The number of thiocarbonyl (C=S) groups is 1. The number of nitrogens with zero attached hydrogens (tertiary/aromatic N) is 2. The van der Waals surface area contributed by atoms with Gasteiger partial charge in [-0.2, -0.15) is 0 Å². The Morgan fingerprint density at radius 1 is 1.45 bits per heavy atom. The Labute approximate surface area is 122 Å². The second kappa shape index (κ2) is 5.46. The molecule has 3 amide bonds.